The van der Waals surface area contributed by atoms with Gasteiger partial charge in [0.2, 0.25) is 0 Å². The topological polar surface area (TPSA) is 87.1 Å². The van der Waals surface area contributed by atoms with E-state index in [4.69, 9.17) is 9.84 Å². The van der Waals surface area contributed by atoms with Crippen molar-refractivity contribution in [3.63, 3.8) is 0 Å². The number of rotatable bonds is 3. The SMILES string of the molecule is CC1=CC(=O)CC(C)(C)C1(O)C=C/C(C)=C1/OC1C(=O)O. The van der Waals surface area contributed by atoms with Gasteiger partial charge in [-0.05, 0) is 37.1 Å². The first-order valence-corrected chi connectivity index (χ1v) is 6.82. The van der Waals surface area contributed by atoms with Crippen molar-refractivity contribution < 1.29 is 24.5 Å². The van der Waals surface area contributed by atoms with Crippen molar-refractivity contribution >= 4 is 11.8 Å². The Balaban J connectivity index is 2.29. The van der Waals surface area contributed by atoms with Crippen LogP contribution in [0.3, 0.4) is 0 Å². The Morgan fingerprint density at radius 1 is 1.48 bits per heavy atom. The number of epoxide rings is 1. The van der Waals surface area contributed by atoms with Gasteiger partial charge in [0, 0.05) is 11.8 Å². The van der Waals surface area contributed by atoms with E-state index in [1.54, 1.807) is 26.0 Å². The molecular formula is C16H20O5. The highest BCUT2D eigenvalue weighted by Crippen LogP contribution is 2.44. The van der Waals surface area contributed by atoms with Crippen LogP contribution in [0.4, 0.5) is 0 Å². The van der Waals surface area contributed by atoms with Crippen LogP contribution in [0.15, 0.2) is 35.1 Å². The van der Waals surface area contributed by atoms with E-state index in [9.17, 15) is 14.7 Å². The van der Waals surface area contributed by atoms with Crippen molar-refractivity contribution in [2.45, 2.75) is 45.8 Å². The third-order valence-corrected chi connectivity index (χ3v) is 4.24. The minimum absolute atomic E-state index is 0.00196. The van der Waals surface area contributed by atoms with E-state index in [1.807, 2.05) is 13.8 Å². The fraction of sp³-hybridized carbons (Fsp3) is 0.500. The average molecular weight is 292 g/mol. The van der Waals surface area contributed by atoms with Crippen LogP contribution < -0.4 is 0 Å². The number of carboxylic acids is 1. The monoisotopic (exact) mass is 292 g/mol. The second kappa shape index (κ2) is 4.84. The molecule has 1 saturated heterocycles. The molecule has 1 aliphatic carbocycles. The number of aliphatic carboxylic acids is 1. The Bertz CT molecular complexity index is 594. The molecule has 0 radical (unpaired) electrons. The van der Waals surface area contributed by atoms with Gasteiger partial charge in [-0.15, -0.1) is 0 Å². The zero-order chi connectivity index (χ0) is 16.0. The summed E-state index contributed by atoms with van der Waals surface area (Å²) in [7, 11) is 0. The standard InChI is InChI=1S/C16H20O5/c1-9(12-13(21-12)14(18)19)5-6-16(20)10(2)7-11(17)8-15(16,3)4/h5-7,13,20H,8H2,1-4H3,(H,18,19)/b6-5?,12-9+. The lowest BCUT2D eigenvalue weighted by Crippen LogP contribution is -2.48. The summed E-state index contributed by atoms with van der Waals surface area (Å²) in [6.45, 7) is 7.13. The first kappa shape index (κ1) is 15.5. The molecule has 2 aliphatic rings. The fourth-order valence-corrected chi connectivity index (χ4v) is 2.75. The molecule has 114 valence electrons. The van der Waals surface area contributed by atoms with Gasteiger partial charge in [-0.2, -0.15) is 0 Å². The molecule has 2 N–H and O–H groups in total. The summed E-state index contributed by atoms with van der Waals surface area (Å²) in [6.07, 6.45) is 4.13. The van der Waals surface area contributed by atoms with Crippen LogP contribution in [0.1, 0.15) is 34.1 Å². The largest absolute Gasteiger partial charge is 0.478 e. The second-order valence-electron chi connectivity index (χ2n) is 6.34. The lowest BCUT2D eigenvalue weighted by molar-refractivity contribution is -0.138. The summed E-state index contributed by atoms with van der Waals surface area (Å²) in [5, 5.41) is 19.7. The minimum Gasteiger partial charge on any atom is -0.478 e. The highest BCUT2D eigenvalue weighted by molar-refractivity contribution is 5.92. The Morgan fingerprint density at radius 2 is 2.10 bits per heavy atom. The van der Waals surface area contributed by atoms with Gasteiger partial charge in [-0.1, -0.05) is 19.9 Å². The van der Waals surface area contributed by atoms with E-state index in [0.29, 0.717) is 16.9 Å². The van der Waals surface area contributed by atoms with Crippen molar-refractivity contribution in [3.8, 4) is 0 Å². The number of allylic oxidation sites excluding steroid dienone is 3. The maximum atomic E-state index is 11.6. The molecule has 2 atom stereocenters. The van der Waals surface area contributed by atoms with E-state index < -0.39 is 23.1 Å². The van der Waals surface area contributed by atoms with E-state index >= 15 is 0 Å². The summed E-state index contributed by atoms with van der Waals surface area (Å²) in [4.78, 5) is 22.4. The van der Waals surface area contributed by atoms with Crippen molar-refractivity contribution in [1.29, 1.82) is 0 Å². The minimum atomic E-state index is -1.24. The summed E-state index contributed by atoms with van der Waals surface area (Å²) < 4.78 is 4.99. The van der Waals surface area contributed by atoms with E-state index in [2.05, 4.69) is 0 Å². The molecule has 5 heteroatoms. The molecule has 1 heterocycles. The highest BCUT2D eigenvalue weighted by Gasteiger charge is 2.47. The quantitative estimate of drug-likeness (QED) is 0.777. The summed E-state index contributed by atoms with van der Waals surface area (Å²) in [5.41, 5.74) is -0.613. The van der Waals surface area contributed by atoms with Crippen LogP contribution in [0.2, 0.25) is 0 Å². The second-order valence-corrected chi connectivity index (χ2v) is 6.34. The van der Waals surface area contributed by atoms with Gasteiger partial charge < -0.3 is 14.9 Å². The molecular weight excluding hydrogens is 272 g/mol. The molecule has 0 spiro atoms. The summed E-state index contributed by atoms with van der Waals surface area (Å²) in [6, 6.07) is 0. The number of hydrogen-bond acceptors (Lipinski definition) is 4. The van der Waals surface area contributed by atoms with Gasteiger partial charge in [-0.3, -0.25) is 4.79 Å². The van der Waals surface area contributed by atoms with Gasteiger partial charge >= 0.3 is 5.97 Å². The lowest BCUT2D eigenvalue weighted by atomic mass is 9.64. The van der Waals surface area contributed by atoms with E-state index in [-0.39, 0.29) is 12.2 Å². The summed E-state index contributed by atoms with van der Waals surface area (Å²) >= 11 is 0. The molecule has 0 saturated carbocycles. The molecule has 21 heavy (non-hydrogen) atoms. The van der Waals surface area contributed by atoms with Crippen LogP contribution in [0.5, 0.6) is 0 Å². The van der Waals surface area contributed by atoms with Crippen molar-refractivity contribution in [2.24, 2.45) is 5.41 Å². The maximum Gasteiger partial charge on any atom is 0.352 e. The zero-order valence-electron chi connectivity index (χ0n) is 12.6. The fourth-order valence-electron chi connectivity index (χ4n) is 2.75. The molecule has 0 aromatic carbocycles. The first-order chi connectivity index (χ1) is 9.58. The molecule has 5 nitrogen and oxygen atoms in total. The van der Waals surface area contributed by atoms with Crippen LogP contribution in [-0.2, 0) is 14.3 Å². The van der Waals surface area contributed by atoms with Crippen LogP contribution in [-0.4, -0.2) is 33.7 Å². The van der Waals surface area contributed by atoms with Crippen LogP contribution in [0.25, 0.3) is 0 Å². The van der Waals surface area contributed by atoms with Crippen LogP contribution >= 0.6 is 0 Å². The number of carbonyl (C=O) groups is 2. The predicted octanol–water partition coefficient (Wildman–Crippen LogP) is 1.98. The zero-order valence-corrected chi connectivity index (χ0v) is 12.6. The number of carboxylic acid groups (broad SMARTS) is 1. The Labute approximate surface area is 123 Å². The third kappa shape index (κ3) is 2.65. The van der Waals surface area contributed by atoms with Crippen molar-refractivity contribution in [3.05, 3.63) is 35.1 Å². The average Bonchev–Trinajstić information content (AvgIpc) is 3.12. The number of ketones is 1. The number of ether oxygens (including phenoxy) is 1. The predicted molar refractivity (Wildman–Crippen MR) is 76.5 cm³/mol. The molecule has 0 amide bonds. The van der Waals surface area contributed by atoms with Gasteiger partial charge in [0.1, 0.15) is 5.60 Å². The smallest absolute Gasteiger partial charge is 0.352 e. The lowest BCUT2D eigenvalue weighted by Gasteiger charge is -2.43. The van der Waals surface area contributed by atoms with Gasteiger partial charge in [-0.25, -0.2) is 4.79 Å². The van der Waals surface area contributed by atoms with Crippen molar-refractivity contribution in [1.82, 2.24) is 0 Å². The molecule has 2 unspecified atom stereocenters. The van der Waals surface area contributed by atoms with Crippen LogP contribution in [0, 0.1) is 5.41 Å². The van der Waals surface area contributed by atoms with Gasteiger partial charge in [0.15, 0.2) is 11.5 Å². The number of carbonyl (C=O) groups excluding carboxylic acids is 1. The Kier molecular flexibility index (Phi) is 3.58. The van der Waals surface area contributed by atoms with Gasteiger partial charge in [0.05, 0.1) is 0 Å². The molecule has 0 aromatic rings. The van der Waals surface area contributed by atoms with Crippen molar-refractivity contribution in [2.75, 3.05) is 0 Å². The molecule has 1 fully saturated rings. The molecule has 2 rings (SSSR count). The summed E-state index contributed by atoms with van der Waals surface area (Å²) in [5.74, 6) is -0.605. The first-order valence-electron chi connectivity index (χ1n) is 6.82. The molecule has 0 aromatic heterocycles. The van der Waals surface area contributed by atoms with E-state index in [0.717, 1.165) is 0 Å². The third-order valence-electron chi connectivity index (χ3n) is 4.24. The normalized spacial score (nSPS) is 33.5. The Hall–Kier alpha value is -1.88. The number of aliphatic hydroxyl groups is 1. The molecule has 0 bridgehead atoms. The Morgan fingerprint density at radius 3 is 2.57 bits per heavy atom. The van der Waals surface area contributed by atoms with Gasteiger partial charge in [0.25, 0.3) is 6.10 Å². The van der Waals surface area contributed by atoms with E-state index in [1.165, 1.54) is 6.08 Å². The number of hydrogen-bond donors (Lipinski definition) is 2. The molecule has 1 aliphatic heterocycles. The highest BCUT2D eigenvalue weighted by atomic mass is 16.6. The maximum absolute atomic E-state index is 11.6.